The van der Waals surface area contributed by atoms with Gasteiger partial charge in [0.1, 0.15) is 0 Å². The second kappa shape index (κ2) is 9.39. The van der Waals surface area contributed by atoms with Crippen molar-refractivity contribution in [3.05, 3.63) is 12.2 Å². The first-order valence-corrected chi connectivity index (χ1v) is 9.94. The number of unbranched alkanes of at least 4 members (excludes halogenated alkanes) is 1. The molecule has 2 rings (SSSR count). The standard InChI is InChI=1S/C16H28O2S2/c1-2-3-4-5-9-16(19-13-7-14-20-16)10-6-8-15-17-11-12-18-15/h2-3,15H,4-14H2,1H3/b3-2-. The largest absolute Gasteiger partial charge is 0.350 e. The predicted octanol–water partition coefficient (Wildman–Crippen LogP) is 4.84. The summed E-state index contributed by atoms with van der Waals surface area (Å²) in [5, 5.41) is 0. The van der Waals surface area contributed by atoms with Crippen molar-refractivity contribution in [1.29, 1.82) is 0 Å². The monoisotopic (exact) mass is 316 g/mol. The van der Waals surface area contributed by atoms with E-state index in [9.17, 15) is 0 Å². The lowest BCUT2D eigenvalue weighted by molar-refractivity contribution is -0.0480. The molecule has 0 amide bonds. The summed E-state index contributed by atoms with van der Waals surface area (Å²) >= 11 is 4.42. The Kier molecular flexibility index (Phi) is 7.85. The molecule has 2 aliphatic rings. The Balaban J connectivity index is 1.72. The van der Waals surface area contributed by atoms with Crippen LogP contribution in [0.25, 0.3) is 0 Å². The average Bonchev–Trinajstić information content (AvgIpc) is 2.98. The number of ether oxygens (including phenoxy) is 2. The van der Waals surface area contributed by atoms with Crippen molar-refractivity contribution < 1.29 is 9.47 Å². The third kappa shape index (κ3) is 5.63. The second-order valence-corrected chi connectivity index (χ2v) is 8.70. The van der Waals surface area contributed by atoms with Crippen LogP contribution in [0, 0.1) is 0 Å². The lowest BCUT2D eigenvalue weighted by Crippen LogP contribution is -2.25. The van der Waals surface area contributed by atoms with Crippen molar-refractivity contribution in [3.8, 4) is 0 Å². The predicted molar refractivity (Wildman–Crippen MR) is 90.5 cm³/mol. The van der Waals surface area contributed by atoms with Crippen LogP contribution in [0.15, 0.2) is 12.2 Å². The zero-order valence-electron chi connectivity index (χ0n) is 12.6. The van der Waals surface area contributed by atoms with Gasteiger partial charge in [-0.2, -0.15) is 0 Å². The topological polar surface area (TPSA) is 18.5 Å². The van der Waals surface area contributed by atoms with Gasteiger partial charge in [0.15, 0.2) is 6.29 Å². The average molecular weight is 317 g/mol. The summed E-state index contributed by atoms with van der Waals surface area (Å²) < 4.78 is 11.6. The first kappa shape index (κ1) is 16.7. The van der Waals surface area contributed by atoms with Crippen molar-refractivity contribution in [2.24, 2.45) is 0 Å². The third-order valence-electron chi connectivity index (χ3n) is 3.87. The molecule has 0 saturated carbocycles. The van der Waals surface area contributed by atoms with E-state index in [2.05, 4.69) is 42.6 Å². The molecule has 0 atom stereocenters. The highest BCUT2D eigenvalue weighted by Gasteiger charge is 2.33. The maximum absolute atomic E-state index is 5.54. The van der Waals surface area contributed by atoms with E-state index >= 15 is 0 Å². The Labute approximate surface area is 132 Å². The van der Waals surface area contributed by atoms with Crippen molar-refractivity contribution >= 4 is 23.5 Å². The summed E-state index contributed by atoms with van der Waals surface area (Å²) in [7, 11) is 0. The van der Waals surface area contributed by atoms with Crippen LogP contribution < -0.4 is 0 Å². The molecule has 116 valence electrons. The highest BCUT2D eigenvalue weighted by atomic mass is 32.2. The maximum atomic E-state index is 5.54. The Hall–Kier alpha value is 0.360. The molecule has 0 bridgehead atoms. The lowest BCUT2D eigenvalue weighted by Gasteiger charge is -2.36. The van der Waals surface area contributed by atoms with E-state index in [1.54, 1.807) is 0 Å². The highest BCUT2D eigenvalue weighted by molar-refractivity contribution is 8.18. The minimum atomic E-state index is 0.0775. The maximum Gasteiger partial charge on any atom is 0.157 e. The van der Waals surface area contributed by atoms with E-state index in [1.807, 2.05) is 0 Å². The zero-order chi connectivity index (χ0) is 14.1. The fourth-order valence-corrected chi connectivity index (χ4v) is 6.29. The van der Waals surface area contributed by atoms with E-state index in [0.717, 1.165) is 19.6 Å². The zero-order valence-corrected chi connectivity index (χ0v) is 14.3. The Morgan fingerprint density at radius 2 is 1.80 bits per heavy atom. The third-order valence-corrected chi connectivity index (χ3v) is 7.43. The summed E-state index contributed by atoms with van der Waals surface area (Å²) in [6.45, 7) is 3.67. The van der Waals surface area contributed by atoms with Gasteiger partial charge in [0.25, 0.3) is 0 Å². The van der Waals surface area contributed by atoms with E-state index in [-0.39, 0.29) is 6.29 Å². The van der Waals surface area contributed by atoms with E-state index in [4.69, 9.17) is 9.47 Å². The van der Waals surface area contributed by atoms with Crippen LogP contribution in [0.4, 0.5) is 0 Å². The van der Waals surface area contributed by atoms with Gasteiger partial charge in [-0.3, -0.25) is 0 Å². The Morgan fingerprint density at radius 1 is 1.10 bits per heavy atom. The molecule has 0 spiro atoms. The summed E-state index contributed by atoms with van der Waals surface area (Å²) in [5.74, 6) is 2.68. The molecule has 2 aliphatic heterocycles. The van der Waals surface area contributed by atoms with Gasteiger partial charge in [-0.05, 0) is 63.4 Å². The number of rotatable bonds is 8. The van der Waals surface area contributed by atoms with Crippen molar-refractivity contribution in [2.45, 2.75) is 62.2 Å². The highest BCUT2D eigenvalue weighted by Crippen LogP contribution is 2.49. The number of hydrogen-bond donors (Lipinski definition) is 0. The van der Waals surface area contributed by atoms with Gasteiger partial charge in [0.2, 0.25) is 0 Å². The Bertz CT molecular complexity index is 282. The molecule has 0 unspecified atom stereocenters. The molecule has 2 heterocycles. The quantitative estimate of drug-likeness (QED) is 0.471. The van der Waals surface area contributed by atoms with Gasteiger partial charge < -0.3 is 9.47 Å². The SMILES string of the molecule is C/C=C\CCCC1(CCCC2OCCO2)SCCCS1. The van der Waals surface area contributed by atoms with Gasteiger partial charge in [-0.1, -0.05) is 12.2 Å². The summed E-state index contributed by atoms with van der Waals surface area (Å²) in [6, 6.07) is 0. The smallest absolute Gasteiger partial charge is 0.157 e. The molecule has 0 aromatic rings. The first-order chi connectivity index (χ1) is 9.85. The van der Waals surface area contributed by atoms with Gasteiger partial charge >= 0.3 is 0 Å². The van der Waals surface area contributed by atoms with Crippen LogP contribution in [-0.4, -0.2) is 35.1 Å². The van der Waals surface area contributed by atoms with Gasteiger partial charge in [-0.15, -0.1) is 23.5 Å². The lowest BCUT2D eigenvalue weighted by atomic mass is 10.1. The van der Waals surface area contributed by atoms with Crippen LogP contribution in [0.1, 0.15) is 51.9 Å². The van der Waals surface area contributed by atoms with Crippen molar-refractivity contribution in [1.82, 2.24) is 0 Å². The minimum Gasteiger partial charge on any atom is -0.350 e. The van der Waals surface area contributed by atoms with Crippen molar-refractivity contribution in [2.75, 3.05) is 24.7 Å². The molecular weight excluding hydrogens is 288 g/mol. The number of hydrogen-bond acceptors (Lipinski definition) is 4. The molecular formula is C16H28O2S2. The first-order valence-electron chi connectivity index (χ1n) is 7.97. The second-order valence-electron chi connectivity index (χ2n) is 5.49. The fraction of sp³-hybridized carbons (Fsp3) is 0.875. The summed E-state index contributed by atoms with van der Waals surface area (Å²) in [5.41, 5.74) is 0. The molecule has 0 aromatic carbocycles. The van der Waals surface area contributed by atoms with Crippen LogP contribution in [0.2, 0.25) is 0 Å². The molecule has 20 heavy (non-hydrogen) atoms. The van der Waals surface area contributed by atoms with E-state index in [1.165, 1.54) is 50.0 Å². The van der Waals surface area contributed by atoms with Crippen LogP contribution in [-0.2, 0) is 9.47 Å². The fourth-order valence-electron chi connectivity index (χ4n) is 2.80. The van der Waals surface area contributed by atoms with Gasteiger partial charge in [0, 0.05) is 0 Å². The normalized spacial score (nSPS) is 23.6. The molecule has 0 N–H and O–H groups in total. The molecule has 4 heteroatoms. The summed E-state index contributed by atoms with van der Waals surface area (Å²) in [6.07, 6.45) is 13.4. The van der Waals surface area contributed by atoms with Gasteiger partial charge in [0.05, 0.1) is 17.3 Å². The molecule has 0 aromatic heterocycles. The van der Waals surface area contributed by atoms with E-state index in [0.29, 0.717) is 4.08 Å². The van der Waals surface area contributed by atoms with Crippen molar-refractivity contribution in [3.63, 3.8) is 0 Å². The molecule has 2 nitrogen and oxygen atoms in total. The van der Waals surface area contributed by atoms with Crippen LogP contribution >= 0.6 is 23.5 Å². The van der Waals surface area contributed by atoms with E-state index < -0.39 is 0 Å². The molecule has 0 aliphatic carbocycles. The minimum absolute atomic E-state index is 0.0775. The van der Waals surface area contributed by atoms with Crippen LogP contribution in [0.5, 0.6) is 0 Å². The molecule has 2 fully saturated rings. The summed E-state index contributed by atoms with van der Waals surface area (Å²) in [4.78, 5) is 0. The molecule has 2 saturated heterocycles. The Morgan fingerprint density at radius 3 is 2.50 bits per heavy atom. The number of thioether (sulfide) groups is 2. The number of allylic oxidation sites excluding steroid dienone is 2. The molecule has 0 radical (unpaired) electrons. The van der Waals surface area contributed by atoms with Gasteiger partial charge in [-0.25, -0.2) is 0 Å². The van der Waals surface area contributed by atoms with Crippen LogP contribution in [0.3, 0.4) is 0 Å².